The first-order chi connectivity index (χ1) is 11.6. The fourth-order valence-corrected chi connectivity index (χ4v) is 3.11. The number of aryl methyl sites for hydroxylation is 2. The Morgan fingerprint density at radius 1 is 0.875 bits per heavy atom. The molecule has 3 aromatic carbocycles. The molecule has 0 amide bonds. The number of fused-ring (bicyclic) bond motifs is 1. The van der Waals surface area contributed by atoms with Crippen molar-refractivity contribution in [1.29, 1.82) is 0 Å². The molecule has 0 atom stereocenters. The zero-order valence-corrected chi connectivity index (χ0v) is 13.7. The smallest absolute Gasteiger partial charge is 0.132 e. The molecule has 0 aliphatic rings. The van der Waals surface area contributed by atoms with Crippen molar-refractivity contribution >= 4 is 10.8 Å². The maximum absolute atomic E-state index is 10.7. The Bertz CT molecular complexity index is 1050. The molecule has 0 bridgehead atoms. The summed E-state index contributed by atoms with van der Waals surface area (Å²) in [6.45, 7) is 4.10. The van der Waals surface area contributed by atoms with Crippen molar-refractivity contribution in [3.05, 3.63) is 78.0 Å². The third-order valence-corrected chi connectivity index (χ3v) is 4.41. The Hall–Kier alpha value is -3.07. The Balaban J connectivity index is 1.89. The van der Waals surface area contributed by atoms with E-state index in [1.165, 1.54) is 0 Å². The van der Waals surface area contributed by atoms with Gasteiger partial charge in [-0.15, -0.1) is 0 Å². The van der Waals surface area contributed by atoms with Gasteiger partial charge in [-0.2, -0.15) is 5.10 Å². The van der Waals surface area contributed by atoms with Gasteiger partial charge in [-0.25, -0.2) is 4.68 Å². The summed E-state index contributed by atoms with van der Waals surface area (Å²) in [7, 11) is 0. The lowest BCUT2D eigenvalue weighted by molar-refractivity contribution is 0.483. The van der Waals surface area contributed by atoms with Crippen LogP contribution in [0.1, 0.15) is 11.3 Å². The SMILES string of the molecule is Cc1ccccc1-n1nc(-c2ccc3ccccc3c2O)cc1C. The summed E-state index contributed by atoms with van der Waals surface area (Å²) < 4.78 is 1.93. The van der Waals surface area contributed by atoms with Crippen LogP contribution in [0.15, 0.2) is 66.7 Å². The van der Waals surface area contributed by atoms with Gasteiger partial charge in [0.25, 0.3) is 0 Å². The highest BCUT2D eigenvalue weighted by atomic mass is 16.3. The zero-order chi connectivity index (χ0) is 16.7. The number of aromatic nitrogens is 2. The first-order valence-electron chi connectivity index (χ1n) is 7.99. The average Bonchev–Trinajstić information content (AvgIpc) is 2.97. The Labute approximate surface area is 140 Å². The minimum absolute atomic E-state index is 0.280. The molecule has 0 aliphatic carbocycles. The van der Waals surface area contributed by atoms with Gasteiger partial charge in [0.05, 0.1) is 11.4 Å². The van der Waals surface area contributed by atoms with E-state index in [9.17, 15) is 5.11 Å². The van der Waals surface area contributed by atoms with E-state index in [1.54, 1.807) is 0 Å². The van der Waals surface area contributed by atoms with Crippen LogP contribution in [0.25, 0.3) is 27.7 Å². The molecule has 0 saturated heterocycles. The van der Waals surface area contributed by atoms with E-state index in [4.69, 9.17) is 5.10 Å². The van der Waals surface area contributed by atoms with E-state index >= 15 is 0 Å². The fourth-order valence-electron chi connectivity index (χ4n) is 3.11. The lowest BCUT2D eigenvalue weighted by Crippen LogP contribution is -2.00. The van der Waals surface area contributed by atoms with Crippen LogP contribution in [0.5, 0.6) is 5.75 Å². The highest BCUT2D eigenvalue weighted by Crippen LogP contribution is 2.35. The van der Waals surface area contributed by atoms with Crippen molar-refractivity contribution in [3.8, 4) is 22.7 Å². The van der Waals surface area contributed by atoms with Crippen LogP contribution in [0.3, 0.4) is 0 Å². The number of benzene rings is 3. The number of aromatic hydroxyl groups is 1. The summed E-state index contributed by atoms with van der Waals surface area (Å²) in [5, 5.41) is 17.3. The molecule has 0 aliphatic heterocycles. The van der Waals surface area contributed by atoms with Gasteiger partial charge in [0.15, 0.2) is 0 Å². The quantitative estimate of drug-likeness (QED) is 0.564. The molecule has 0 radical (unpaired) electrons. The van der Waals surface area contributed by atoms with Crippen LogP contribution >= 0.6 is 0 Å². The highest BCUT2D eigenvalue weighted by Gasteiger charge is 2.14. The molecular weight excluding hydrogens is 296 g/mol. The molecule has 0 unspecified atom stereocenters. The molecule has 0 spiro atoms. The Morgan fingerprint density at radius 2 is 1.62 bits per heavy atom. The van der Waals surface area contributed by atoms with Crippen LogP contribution in [0, 0.1) is 13.8 Å². The van der Waals surface area contributed by atoms with Gasteiger partial charge in [0, 0.05) is 16.6 Å². The Kier molecular flexibility index (Phi) is 3.35. The van der Waals surface area contributed by atoms with Gasteiger partial charge in [-0.05, 0) is 43.0 Å². The molecular formula is C21H18N2O. The lowest BCUT2D eigenvalue weighted by atomic mass is 10.0. The van der Waals surface area contributed by atoms with Crippen molar-refractivity contribution in [2.75, 3.05) is 0 Å². The molecule has 4 rings (SSSR count). The molecule has 3 heteroatoms. The molecule has 4 aromatic rings. The van der Waals surface area contributed by atoms with Crippen LogP contribution in [0.2, 0.25) is 0 Å². The number of para-hydroxylation sites is 1. The number of nitrogens with zero attached hydrogens (tertiary/aromatic N) is 2. The maximum Gasteiger partial charge on any atom is 0.132 e. The van der Waals surface area contributed by atoms with Gasteiger partial charge in [-0.1, -0.05) is 48.5 Å². The fraction of sp³-hybridized carbons (Fsp3) is 0.0952. The summed E-state index contributed by atoms with van der Waals surface area (Å²) >= 11 is 0. The zero-order valence-electron chi connectivity index (χ0n) is 13.7. The summed E-state index contributed by atoms with van der Waals surface area (Å²) in [6, 6.07) is 22.0. The van der Waals surface area contributed by atoms with Crippen molar-refractivity contribution in [3.63, 3.8) is 0 Å². The number of hydrogen-bond donors (Lipinski definition) is 1. The van der Waals surface area contributed by atoms with Crippen LogP contribution in [-0.4, -0.2) is 14.9 Å². The standard InChI is InChI=1S/C21H18N2O/c1-14-7-3-6-10-20(14)23-15(2)13-19(22-23)18-12-11-16-8-4-5-9-17(16)21(18)24/h3-13,24H,1-2H3. The van der Waals surface area contributed by atoms with Crippen molar-refractivity contribution in [1.82, 2.24) is 9.78 Å². The van der Waals surface area contributed by atoms with E-state index in [1.807, 2.05) is 66.2 Å². The molecule has 1 N–H and O–H groups in total. The molecule has 0 fully saturated rings. The summed E-state index contributed by atoms with van der Waals surface area (Å²) in [5.74, 6) is 0.280. The molecule has 3 nitrogen and oxygen atoms in total. The monoisotopic (exact) mass is 314 g/mol. The van der Waals surface area contributed by atoms with E-state index < -0.39 is 0 Å². The average molecular weight is 314 g/mol. The van der Waals surface area contributed by atoms with Gasteiger partial charge in [0.2, 0.25) is 0 Å². The first-order valence-corrected chi connectivity index (χ1v) is 7.99. The van der Waals surface area contributed by atoms with E-state index in [0.717, 1.165) is 39.0 Å². The topological polar surface area (TPSA) is 38.0 Å². The number of phenols is 1. The summed E-state index contributed by atoms with van der Waals surface area (Å²) in [6.07, 6.45) is 0. The van der Waals surface area contributed by atoms with Gasteiger partial charge in [0.1, 0.15) is 5.75 Å². The highest BCUT2D eigenvalue weighted by molar-refractivity contribution is 5.94. The predicted molar refractivity (Wildman–Crippen MR) is 97.6 cm³/mol. The van der Waals surface area contributed by atoms with Crippen LogP contribution in [-0.2, 0) is 0 Å². The van der Waals surface area contributed by atoms with E-state index in [0.29, 0.717) is 0 Å². The van der Waals surface area contributed by atoms with Crippen LogP contribution < -0.4 is 0 Å². The Morgan fingerprint density at radius 3 is 2.46 bits per heavy atom. The molecule has 1 aromatic heterocycles. The number of hydrogen-bond acceptors (Lipinski definition) is 2. The summed E-state index contributed by atoms with van der Waals surface area (Å²) in [4.78, 5) is 0. The third kappa shape index (κ3) is 2.26. The van der Waals surface area contributed by atoms with Gasteiger partial charge < -0.3 is 5.11 Å². The molecule has 1 heterocycles. The minimum Gasteiger partial charge on any atom is -0.507 e. The van der Waals surface area contributed by atoms with Crippen molar-refractivity contribution in [2.45, 2.75) is 13.8 Å². The summed E-state index contributed by atoms with van der Waals surface area (Å²) in [5.41, 5.74) is 4.79. The van der Waals surface area contributed by atoms with E-state index in [-0.39, 0.29) is 5.75 Å². The number of phenolic OH excluding ortho intramolecular Hbond substituents is 1. The maximum atomic E-state index is 10.7. The van der Waals surface area contributed by atoms with Gasteiger partial charge in [-0.3, -0.25) is 0 Å². The minimum atomic E-state index is 0.280. The lowest BCUT2D eigenvalue weighted by Gasteiger charge is -2.08. The molecule has 118 valence electrons. The van der Waals surface area contributed by atoms with Crippen molar-refractivity contribution in [2.24, 2.45) is 0 Å². The molecule has 0 saturated carbocycles. The molecule has 24 heavy (non-hydrogen) atoms. The second-order valence-corrected chi connectivity index (χ2v) is 6.05. The van der Waals surface area contributed by atoms with Crippen LogP contribution in [0.4, 0.5) is 0 Å². The normalized spacial score (nSPS) is 11.1. The van der Waals surface area contributed by atoms with Gasteiger partial charge >= 0.3 is 0 Å². The van der Waals surface area contributed by atoms with Crippen molar-refractivity contribution < 1.29 is 5.11 Å². The third-order valence-electron chi connectivity index (χ3n) is 4.41. The second-order valence-electron chi connectivity index (χ2n) is 6.05. The number of rotatable bonds is 2. The predicted octanol–water partition coefficient (Wildman–Crippen LogP) is 5.01. The largest absolute Gasteiger partial charge is 0.507 e. The first kappa shape index (κ1) is 14.5. The second kappa shape index (κ2) is 5.53. The van der Waals surface area contributed by atoms with E-state index in [2.05, 4.69) is 19.1 Å².